The van der Waals surface area contributed by atoms with Crippen molar-refractivity contribution in [2.24, 2.45) is 0 Å². The minimum absolute atomic E-state index is 0.0548. The van der Waals surface area contributed by atoms with Crippen LogP contribution < -0.4 is 5.32 Å². The summed E-state index contributed by atoms with van der Waals surface area (Å²) in [6.07, 6.45) is 1.76. The van der Waals surface area contributed by atoms with Gasteiger partial charge in [-0.1, -0.05) is 6.92 Å². The Morgan fingerprint density at radius 1 is 0.739 bits per heavy atom. The lowest BCUT2D eigenvalue weighted by Crippen LogP contribution is -2.28. The van der Waals surface area contributed by atoms with Crippen molar-refractivity contribution in [1.82, 2.24) is 5.32 Å². The molecule has 0 radical (unpaired) electrons. The average Bonchev–Trinajstić information content (AvgIpc) is 2.52. The van der Waals surface area contributed by atoms with E-state index in [1.807, 2.05) is 0 Å². The summed E-state index contributed by atoms with van der Waals surface area (Å²) < 4.78 is 21.1. The van der Waals surface area contributed by atoms with Crippen LogP contribution in [0.25, 0.3) is 0 Å². The smallest absolute Gasteiger partial charge is 0.222 e. The topological polar surface area (TPSA) is 83.1 Å². The molecule has 7 nitrogen and oxygen atoms in total. The van der Waals surface area contributed by atoms with Crippen molar-refractivity contribution >= 4 is 11.7 Å². The predicted molar refractivity (Wildman–Crippen MR) is 86.5 cm³/mol. The first kappa shape index (κ1) is 22.0. The fraction of sp³-hybridized carbons (Fsp3) is 0.875. The van der Waals surface area contributed by atoms with Gasteiger partial charge in [0.1, 0.15) is 5.78 Å². The van der Waals surface area contributed by atoms with Gasteiger partial charge in [0.05, 0.1) is 46.2 Å². The number of hydrogen-bond acceptors (Lipinski definition) is 6. The first-order chi connectivity index (χ1) is 11.2. The highest BCUT2D eigenvalue weighted by Gasteiger charge is 2.00. The summed E-state index contributed by atoms with van der Waals surface area (Å²) in [6.45, 7) is 8.04. The number of ether oxygens (including phenoxy) is 4. The number of rotatable bonds is 17. The monoisotopic (exact) mass is 333 g/mol. The van der Waals surface area contributed by atoms with E-state index in [0.29, 0.717) is 65.6 Å². The summed E-state index contributed by atoms with van der Waals surface area (Å²) in [7, 11) is 0. The second-order valence-corrected chi connectivity index (χ2v) is 5.00. The molecule has 136 valence electrons. The number of Topliss-reactive ketones (excluding diaryl/α,β-unsaturated/α-hetero) is 1. The largest absolute Gasteiger partial charge is 0.379 e. The molecule has 0 saturated carbocycles. The quantitative estimate of drug-likeness (QED) is 0.399. The van der Waals surface area contributed by atoms with E-state index in [4.69, 9.17) is 18.9 Å². The molecule has 0 aromatic carbocycles. The van der Waals surface area contributed by atoms with Crippen LogP contribution in [-0.2, 0) is 28.5 Å². The van der Waals surface area contributed by atoms with Crippen molar-refractivity contribution < 1.29 is 28.5 Å². The highest BCUT2D eigenvalue weighted by atomic mass is 16.5. The van der Waals surface area contributed by atoms with Gasteiger partial charge in [-0.2, -0.15) is 0 Å². The van der Waals surface area contributed by atoms with Crippen LogP contribution in [0.5, 0.6) is 0 Å². The van der Waals surface area contributed by atoms with Crippen LogP contribution in [0.3, 0.4) is 0 Å². The minimum Gasteiger partial charge on any atom is -0.379 e. The van der Waals surface area contributed by atoms with Crippen LogP contribution in [-0.4, -0.2) is 71.1 Å². The van der Waals surface area contributed by atoms with Gasteiger partial charge in [0.2, 0.25) is 5.91 Å². The Morgan fingerprint density at radius 2 is 1.26 bits per heavy atom. The molecule has 0 saturated heterocycles. The van der Waals surface area contributed by atoms with E-state index >= 15 is 0 Å². The SMILES string of the molecule is CCCOCCOCCC(=O)NCCOCCOCCC(C)=O. The van der Waals surface area contributed by atoms with Crippen LogP contribution in [0.1, 0.15) is 33.1 Å². The molecule has 7 heteroatoms. The summed E-state index contributed by atoms with van der Waals surface area (Å²) in [6, 6.07) is 0. The highest BCUT2D eigenvalue weighted by molar-refractivity contribution is 5.76. The van der Waals surface area contributed by atoms with E-state index in [2.05, 4.69) is 12.2 Å². The van der Waals surface area contributed by atoms with Gasteiger partial charge >= 0.3 is 0 Å². The van der Waals surface area contributed by atoms with E-state index in [1.54, 1.807) is 0 Å². The molecule has 0 fully saturated rings. The highest BCUT2D eigenvalue weighted by Crippen LogP contribution is 1.87. The molecule has 0 unspecified atom stereocenters. The van der Waals surface area contributed by atoms with E-state index < -0.39 is 0 Å². The number of ketones is 1. The number of hydrogen-bond donors (Lipinski definition) is 1. The molecule has 0 aliphatic heterocycles. The zero-order valence-corrected chi connectivity index (χ0v) is 14.4. The minimum atomic E-state index is -0.0548. The summed E-state index contributed by atoms with van der Waals surface area (Å²) in [5, 5.41) is 2.75. The Labute approximate surface area is 139 Å². The Balaban J connectivity index is 3.17. The Hall–Kier alpha value is -1.02. The molecule has 0 spiro atoms. The van der Waals surface area contributed by atoms with E-state index in [0.717, 1.165) is 13.0 Å². The summed E-state index contributed by atoms with van der Waals surface area (Å²) in [5.41, 5.74) is 0. The van der Waals surface area contributed by atoms with Crippen LogP contribution >= 0.6 is 0 Å². The van der Waals surface area contributed by atoms with Gasteiger partial charge in [0.25, 0.3) is 0 Å². The molecule has 0 heterocycles. The average molecular weight is 333 g/mol. The van der Waals surface area contributed by atoms with Gasteiger partial charge in [-0.3, -0.25) is 9.59 Å². The second kappa shape index (κ2) is 17.3. The Bertz CT molecular complexity index is 298. The second-order valence-electron chi connectivity index (χ2n) is 5.00. The molecule has 1 amide bonds. The molecule has 23 heavy (non-hydrogen) atoms. The van der Waals surface area contributed by atoms with Crippen LogP contribution in [0.4, 0.5) is 0 Å². The summed E-state index contributed by atoms with van der Waals surface area (Å²) >= 11 is 0. The third-order valence-electron chi connectivity index (χ3n) is 2.73. The van der Waals surface area contributed by atoms with Gasteiger partial charge in [0, 0.05) is 26.0 Å². The number of carbonyl (C=O) groups is 2. The fourth-order valence-electron chi connectivity index (χ4n) is 1.52. The third-order valence-corrected chi connectivity index (χ3v) is 2.73. The lowest BCUT2D eigenvalue weighted by molar-refractivity contribution is -0.122. The molecule has 0 aliphatic carbocycles. The lowest BCUT2D eigenvalue weighted by Gasteiger charge is -2.07. The fourth-order valence-corrected chi connectivity index (χ4v) is 1.52. The molecule has 0 rings (SSSR count). The van der Waals surface area contributed by atoms with E-state index in [9.17, 15) is 9.59 Å². The molecule has 0 atom stereocenters. The van der Waals surface area contributed by atoms with E-state index in [1.165, 1.54) is 6.92 Å². The molecule has 0 bridgehead atoms. The molecule has 0 aliphatic rings. The van der Waals surface area contributed by atoms with Crippen molar-refractivity contribution in [3.05, 3.63) is 0 Å². The van der Waals surface area contributed by atoms with Crippen molar-refractivity contribution in [2.45, 2.75) is 33.1 Å². The zero-order chi connectivity index (χ0) is 17.2. The van der Waals surface area contributed by atoms with Crippen LogP contribution in [0.2, 0.25) is 0 Å². The van der Waals surface area contributed by atoms with Crippen molar-refractivity contribution in [1.29, 1.82) is 0 Å². The molecular weight excluding hydrogens is 302 g/mol. The van der Waals surface area contributed by atoms with E-state index in [-0.39, 0.29) is 11.7 Å². The van der Waals surface area contributed by atoms with Gasteiger partial charge in [0.15, 0.2) is 0 Å². The molecule has 0 aromatic rings. The number of nitrogens with one attached hydrogen (secondary N) is 1. The zero-order valence-electron chi connectivity index (χ0n) is 14.4. The number of amides is 1. The first-order valence-electron chi connectivity index (χ1n) is 8.24. The number of carbonyl (C=O) groups excluding carboxylic acids is 2. The van der Waals surface area contributed by atoms with Crippen molar-refractivity contribution in [2.75, 3.05) is 59.4 Å². The van der Waals surface area contributed by atoms with Gasteiger partial charge in [-0.15, -0.1) is 0 Å². The Kier molecular flexibility index (Phi) is 16.6. The van der Waals surface area contributed by atoms with Crippen molar-refractivity contribution in [3.8, 4) is 0 Å². The first-order valence-corrected chi connectivity index (χ1v) is 8.24. The standard InChI is InChI=1S/C16H31NO6/c1-3-7-20-11-12-22-9-5-16(19)17-6-10-23-14-13-21-8-4-15(2)18/h3-14H2,1-2H3,(H,17,19). The maximum absolute atomic E-state index is 11.5. The van der Waals surface area contributed by atoms with Gasteiger partial charge < -0.3 is 24.3 Å². The van der Waals surface area contributed by atoms with Gasteiger partial charge in [-0.05, 0) is 13.3 Å². The third kappa shape index (κ3) is 18.9. The maximum atomic E-state index is 11.5. The van der Waals surface area contributed by atoms with Gasteiger partial charge in [-0.25, -0.2) is 0 Å². The van der Waals surface area contributed by atoms with Crippen LogP contribution in [0.15, 0.2) is 0 Å². The van der Waals surface area contributed by atoms with Crippen LogP contribution in [0, 0.1) is 0 Å². The molecule has 0 aromatic heterocycles. The van der Waals surface area contributed by atoms with Crippen molar-refractivity contribution in [3.63, 3.8) is 0 Å². The maximum Gasteiger partial charge on any atom is 0.222 e. The summed E-state index contributed by atoms with van der Waals surface area (Å²) in [5.74, 6) is 0.0619. The molecule has 1 N–H and O–H groups in total. The summed E-state index contributed by atoms with van der Waals surface area (Å²) in [4.78, 5) is 22.1. The predicted octanol–water partition coefficient (Wildman–Crippen LogP) is 0.948. The Morgan fingerprint density at radius 3 is 1.83 bits per heavy atom. The molecular formula is C16H31NO6. The lowest BCUT2D eigenvalue weighted by atomic mass is 10.3. The normalized spacial score (nSPS) is 10.7.